The minimum atomic E-state index is 0.0929. The summed E-state index contributed by atoms with van der Waals surface area (Å²) in [6.07, 6.45) is 0. The van der Waals surface area contributed by atoms with Crippen LogP contribution in [-0.2, 0) is 5.41 Å². The lowest BCUT2D eigenvalue weighted by Crippen LogP contribution is -2.10. The predicted molar refractivity (Wildman–Crippen MR) is 87.3 cm³/mol. The molecule has 0 saturated carbocycles. The van der Waals surface area contributed by atoms with E-state index in [4.69, 9.17) is 10.2 Å². The van der Waals surface area contributed by atoms with Crippen molar-refractivity contribution in [3.63, 3.8) is 0 Å². The van der Waals surface area contributed by atoms with Gasteiger partial charge in [0, 0.05) is 5.69 Å². The molecule has 2 aromatic carbocycles. The van der Waals surface area contributed by atoms with Gasteiger partial charge in [0.15, 0.2) is 5.58 Å². The Bertz CT molecular complexity index is 810. The highest BCUT2D eigenvalue weighted by Gasteiger charge is 2.17. The van der Waals surface area contributed by atoms with Crippen LogP contribution in [0.1, 0.15) is 31.9 Å². The maximum Gasteiger partial charge on any atom is 0.229 e. The Labute approximate surface area is 124 Å². The number of nitrogen functional groups attached to an aromatic ring is 1. The highest BCUT2D eigenvalue weighted by Crippen LogP contribution is 2.31. The third-order valence-electron chi connectivity index (χ3n) is 3.69. The molecule has 0 amide bonds. The molecule has 0 spiro atoms. The molecule has 0 radical (unpaired) electrons. The van der Waals surface area contributed by atoms with Gasteiger partial charge in [0.25, 0.3) is 0 Å². The van der Waals surface area contributed by atoms with Gasteiger partial charge in [-0.1, -0.05) is 38.5 Å². The van der Waals surface area contributed by atoms with E-state index >= 15 is 0 Å². The van der Waals surface area contributed by atoms with Crippen LogP contribution >= 0.6 is 0 Å². The van der Waals surface area contributed by atoms with Gasteiger partial charge in [-0.15, -0.1) is 0 Å². The van der Waals surface area contributed by atoms with E-state index in [9.17, 15) is 0 Å². The molecule has 0 unspecified atom stereocenters. The molecule has 0 bridgehead atoms. The maximum absolute atomic E-state index is 6.04. The number of hydrogen-bond acceptors (Lipinski definition) is 3. The quantitative estimate of drug-likeness (QED) is 0.658. The molecule has 0 saturated heterocycles. The summed E-state index contributed by atoms with van der Waals surface area (Å²) in [6, 6.07) is 12.0. The first-order chi connectivity index (χ1) is 9.84. The van der Waals surface area contributed by atoms with Crippen LogP contribution in [-0.4, -0.2) is 4.98 Å². The van der Waals surface area contributed by atoms with Crippen LogP contribution in [0.3, 0.4) is 0 Å². The molecule has 3 rings (SSSR count). The van der Waals surface area contributed by atoms with Gasteiger partial charge in [-0.2, -0.15) is 0 Å². The van der Waals surface area contributed by atoms with Crippen LogP contribution < -0.4 is 5.73 Å². The van der Waals surface area contributed by atoms with Gasteiger partial charge < -0.3 is 10.2 Å². The molecule has 0 aliphatic rings. The van der Waals surface area contributed by atoms with E-state index in [-0.39, 0.29) is 5.41 Å². The van der Waals surface area contributed by atoms with Crippen LogP contribution in [0.25, 0.3) is 22.6 Å². The first-order valence-electron chi connectivity index (χ1n) is 7.12. The van der Waals surface area contributed by atoms with Gasteiger partial charge >= 0.3 is 0 Å². The van der Waals surface area contributed by atoms with Gasteiger partial charge in [-0.25, -0.2) is 4.98 Å². The van der Waals surface area contributed by atoms with Crippen molar-refractivity contribution in [2.75, 3.05) is 5.73 Å². The SMILES string of the molecule is Cc1ccc(N)c(-c2nc3cc(C(C)(C)C)ccc3o2)c1. The molecular weight excluding hydrogens is 260 g/mol. The van der Waals surface area contributed by atoms with E-state index < -0.39 is 0 Å². The van der Waals surface area contributed by atoms with E-state index in [1.807, 2.05) is 31.2 Å². The second-order valence-electron chi connectivity index (χ2n) is 6.54. The van der Waals surface area contributed by atoms with Gasteiger partial charge in [0.05, 0.1) is 5.56 Å². The molecule has 2 N–H and O–H groups in total. The van der Waals surface area contributed by atoms with Gasteiger partial charge in [-0.3, -0.25) is 0 Å². The summed E-state index contributed by atoms with van der Waals surface area (Å²) >= 11 is 0. The Hall–Kier alpha value is -2.29. The molecule has 0 aliphatic heterocycles. The van der Waals surface area contributed by atoms with Crippen LogP contribution in [0.5, 0.6) is 0 Å². The van der Waals surface area contributed by atoms with Crippen molar-refractivity contribution >= 4 is 16.8 Å². The fraction of sp³-hybridized carbons (Fsp3) is 0.278. The summed E-state index contributed by atoms with van der Waals surface area (Å²) in [7, 11) is 0. The smallest absolute Gasteiger partial charge is 0.229 e. The lowest BCUT2D eigenvalue weighted by Gasteiger charge is -2.18. The lowest BCUT2D eigenvalue weighted by atomic mass is 9.87. The lowest BCUT2D eigenvalue weighted by molar-refractivity contribution is 0.590. The largest absolute Gasteiger partial charge is 0.436 e. The Morgan fingerprint density at radius 3 is 2.52 bits per heavy atom. The molecular formula is C18H20N2O. The predicted octanol–water partition coefficient (Wildman–Crippen LogP) is 4.68. The second-order valence-corrected chi connectivity index (χ2v) is 6.54. The standard InChI is InChI=1S/C18H20N2O/c1-11-5-7-14(19)13(9-11)17-20-15-10-12(18(2,3)4)6-8-16(15)21-17/h5-10H,19H2,1-4H3. The maximum atomic E-state index is 6.04. The van der Waals surface area contributed by atoms with Crippen molar-refractivity contribution in [2.24, 2.45) is 0 Å². The molecule has 3 aromatic rings. The van der Waals surface area contributed by atoms with Gasteiger partial charge in [0.2, 0.25) is 5.89 Å². The van der Waals surface area contributed by atoms with Crippen LogP contribution in [0.2, 0.25) is 0 Å². The monoisotopic (exact) mass is 280 g/mol. The van der Waals surface area contributed by atoms with Crippen molar-refractivity contribution in [3.8, 4) is 11.5 Å². The first-order valence-corrected chi connectivity index (χ1v) is 7.12. The fourth-order valence-corrected chi connectivity index (χ4v) is 2.36. The zero-order valence-corrected chi connectivity index (χ0v) is 12.9. The van der Waals surface area contributed by atoms with E-state index in [1.54, 1.807) is 0 Å². The number of anilines is 1. The summed E-state index contributed by atoms with van der Waals surface area (Å²) in [6.45, 7) is 8.60. The molecule has 1 aromatic heterocycles. The minimum Gasteiger partial charge on any atom is -0.436 e. The summed E-state index contributed by atoms with van der Waals surface area (Å²) in [5.74, 6) is 0.581. The molecule has 1 heterocycles. The molecule has 0 atom stereocenters. The number of oxazole rings is 1. The van der Waals surface area contributed by atoms with Crippen molar-refractivity contribution in [3.05, 3.63) is 47.5 Å². The number of rotatable bonds is 1. The highest BCUT2D eigenvalue weighted by molar-refractivity contribution is 5.80. The molecule has 0 aliphatic carbocycles. The molecule has 108 valence electrons. The van der Waals surface area contributed by atoms with Gasteiger partial charge in [0.1, 0.15) is 5.52 Å². The third kappa shape index (κ3) is 2.51. The zero-order valence-electron chi connectivity index (χ0n) is 12.9. The summed E-state index contributed by atoms with van der Waals surface area (Å²) in [5, 5.41) is 0. The van der Waals surface area contributed by atoms with Crippen molar-refractivity contribution in [1.29, 1.82) is 0 Å². The molecule has 3 heteroatoms. The van der Waals surface area contributed by atoms with Crippen molar-refractivity contribution in [1.82, 2.24) is 4.98 Å². The van der Waals surface area contributed by atoms with E-state index in [1.165, 1.54) is 5.56 Å². The van der Waals surface area contributed by atoms with Crippen LogP contribution in [0.4, 0.5) is 5.69 Å². The summed E-state index contributed by atoms with van der Waals surface area (Å²) in [4.78, 5) is 4.61. The molecule has 3 nitrogen and oxygen atoms in total. The topological polar surface area (TPSA) is 52.0 Å². The Kier molecular flexibility index (Phi) is 3.01. The Morgan fingerprint density at radius 2 is 1.81 bits per heavy atom. The number of aryl methyl sites for hydroxylation is 1. The fourth-order valence-electron chi connectivity index (χ4n) is 2.36. The summed E-state index contributed by atoms with van der Waals surface area (Å²) < 4.78 is 5.87. The normalized spacial score (nSPS) is 12.0. The number of hydrogen-bond donors (Lipinski definition) is 1. The number of nitrogens with zero attached hydrogens (tertiary/aromatic N) is 1. The number of fused-ring (bicyclic) bond motifs is 1. The second kappa shape index (κ2) is 4.62. The average molecular weight is 280 g/mol. The van der Waals surface area contributed by atoms with Crippen LogP contribution in [0.15, 0.2) is 40.8 Å². The Balaban J connectivity index is 2.15. The van der Waals surface area contributed by atoms with Gasteiger partial charge in [-0.05, 0) is 42.2 Å². The minimum absolute atomic E-state index is 0.0929. The zero-order chi connectivity index (χ0) is 15.2. The number of aromatic nitrogens is 1. The van der Waals surface area contributed by atoms with E-state index in [0.717, 1.165) is 22.2 Å². The van der Waals surface area contributed by atoms with Crippen molar-refractivity contribution in [2.45, 2.75) is 33.1 Å². The first kappa shape index (κ1) is 13.7. The Morgan fingerprint density at radius 1 is 1.05 bits per heavy atom. The molecule has 21 heavy (non-hydrogen) atoms. The highest BCUT2D eigenvalue weighted by atomic mass is 16.3. The van der Waals surface area contributed by atoms with E-state index in [2.05, 4.69) is 37.9 Å². The third-order valence-corrected chi connectivity index (χ3v) is 3.69. The summed E-state index contributed by atoms with van der Waals surface area (Å²) in [5.41, 5.74) is 11.7. The number of nitrogens with two attached hydrogens (primary N) is 1. The van der Waals surface area contributed by atoms with E-state index in [0.29, 0.717) is 11.6 Å². The molecule has 0 fully saturated rings. The average Bonchev–Trinajstić information content (AvgIpc) is 2.83. The van der Waals surface area contributed by atoms with Crippen molar-refractivity contribution < 1.29 is 4.42 Å². The van der Waals surface area contributed by atoms with Crippen LogP contribution in [0, 0.1) is 6.92 Å². The number of benzene rings is 2.